The van der Waals surface area contributed by atoms with Crippen LogP contribution in [0, 0.1) is 11.8 Å². The molecule has 1 N–H and O–H groups in total. The van der Waals surface area contributed by atoms with Crippen LogP contribution in [0.15, 0.2) is 82.0 Å². The first-order chi connectivity index (χ1) is 15.6. The van der Waals surface area contributed by atoms with Gasteiger partial charge in [-0.05, 0) is 54.7 Å². The van der Waals surface area contributed by atoms with E-state index in [1.54, 1.807) is 24.3 Å². The highest BCUT2D eigenvalue weighted by molar-refractivity contribution is 6.07. The van der Waals surface area contributed by atoms with Gasteiger partial charge in [0.05, 0.1) is 5.56 Å². The topological polar surface area (TPSA) is 76.7 Å². The van der Waals surface area contributed by atoms with Crippen molar-refractivity contribution in [2.75, 3.05) is 0 Å². The van der Waals surface area contributed by atoms with Crippen LogP contribution >= 0.6 is 0 Å². The van der Waals surface area contributed by atoms with E-state index in [-0.39, 0.29) is 23.3 Å². The summed E-state index contributed by atoms with van der Waals surface area (Å²) in [5.74, 6) is 0.902. The summed E-state index contributed by atoms with van der Waals surface area (Å²) in [5, 5.41) is 10.7. The normalized spacial score (nSPS) is 21.4. The number of carbonyl (C=O) groups is 1. The first-order valence-corrected chi connectivity index (χ1v) is 10.7. The van der Waals surface area contributed by atoms with Crippen LogP contribution in [0.25, 0.3) is 33.4 Å². The number of fused-ring (bicyclic) bond motifs is 4. The van der Waals surface area contributed by atoms with Gasteiger partial charge in [-0.25, -0.2) is 4.79 Å². The Morgan fingerprint density at radius 2 is 1.84 bits per heavy atom. The van der Waals surface area contributed by atoms with Crippen LogP contribution in [-0.4, -0.2) is 17.2 Å². The van der Waals surface area contributed by atoms with Gasteiger partial charge in [0.25, 0.3) is 0 Å². The second kappa shape index (κ2) is 7.09. The molecule has 4 aliphatic rings. The van der Waals surface area contributed by atoms with Crippen LogP contribution in [0.4, 0.5) is 0 Å². The molecule has 3 aliphatic carbocycles. The third-order valence-electron chi connectivity index (χ3n) is 6.57. The molecule has 2 unspecified atom stereocenters. The molecular weight excluding hydrogens is 404 g/mol. The molecule has 5 heteroatoms. The minimum atomic E-state index is -0.354. The Morgan fingerprint density at radius 3 is 2.66 bits per heavy atom. The molecule has 2 aromatic carbocycles. The summed E-state index contributed by atoms with van der Waals surface area (Å²) in [6.07, 6.45) is 6.20. The maximum atomic E-state index is 13.3. The van der Waals surface area contributed by atoms with Gasteiger partial charge >= 0.3 is 5.97 Å². The van der Waals surface area contributed by atoms with Crippen LogP contribution in [0.1, 0.15) is 23.2 Å². The minimum absolute atomic E-state index is 0.0573. The molecular formula is C27H20O5. The summed E-state index contributed by atoms with van der Waals surface area (Å²) in [6, 6.07) is 16.8. The van der Waals surface area contributed by atoms with E-state index in [0.29, 0.717) is 39.9 Å². The standard InChI is InChI=1S/C27H20O5/c28-17-7-9-21-24(13-17)31-25-14-18(29)8-10-22(25)26(21)19-3-1-2-4-20(19)27(30)32-23-12-15-5-6-16(23)11-15/h1-10,13-16,23,28H,11-12H2/t15?,16-,23?/m1/s1. The van der Waals surface area contributed by atoms with Crippen molar-refractivity contribution in [2.24, 2.45) is 11.8 Å². The Bertz CT molecular complexity index is 1430. The highest BCUT2D eigenvalue weighted by Crippen LogP contribution is 2.43. The van der Waals surface area contributed by atoms with Crippen LogP contribution in [-0.2, 0) is 4.74 Å². The van der Waals surface area contributed by atoms with Crippen molar-refractivity contribution in [3.05, 3.63) is 88.6 Å². The minimum Gasteiger partial charge on any atom is -0.508 e. The molecule has 158 valence electrons. The first kappa shape index (κ1) is 18.9. The van der Waals surface area contributed by atoms with Gasteiger partial charge in [-0.1, -0.05) is 30.4 Å². The van der Waals surface area contributed by atoms with E-state index < -0.39 is 0 Å². The number of phenolic OH excluding ortho intramolecular Hbond substituents is 1. The third-order valence-corrected chi connectivity index (χ3v) is 6.57. The predicted molar refractivity (Wildman–Crippen MR) is 121 cm³/mol. The first-order valence-electron chi connectivity index (χ1n) is 10.7. The quantitative estimate of drug-likeness (QED) is 0.271. The Kier molecular flexibility index (Phi) is 4.18. The van der Waals surface area contributed by atoms with Gasteiger partial charge in [0.2, 0.25) is 0 Å². The van der Waals surface area contributed by atoms with E-state index in [1.165, 1.54) is 18.2 Å². The lowest BCUT2D eigenvalue weighted by Gasteiger charge is -2.21. The van der Waals surface area contributed by atoms with Gasteiger partial charge in [0, 0.05) is 34.6 Å². The summed E-state index contributed by atoms with van der Waals surface area (Å²) >= 11 is 0. The number of aromatic hydroxyl groups is 1. The Labute approximate surface area is 183 Å². The lowest BCUT2D eigenvalue weighted by atomic mass is 9.90. The Hall–Kier alpha value is -3.86. The fourth-order valence-corrected chi connectivity index (χ4v) is 5.10. The van der Waals surface area contributed by atoms with Crippen molar-refractivity contribution in [3.63, 3.8) is 0 Å². The average Bonchev–Trinajstić information content (AvgIpc) is 3.40. The van der Waals surface area contributed by atoms with Gasteiger partial charge in [0.15, 0.2) is 5.43 Å². The Balaban J connectivity index is 1.53. The van der Waals surface area contributed by atoms with Gasteiger partial charge in [0.1, 0.15) is 23.2 Å². The molecule has 0 radical (unpaired) electrons. The number of rotatable bonds is 3. The van der Waals surface area contributed by atoms with E-state index in [2.05, 4.69) is 12.2 Å². The molecule has 0 amide bonds. The number of benzene rings is 3. The van der Waals surface area contributed by atoms with Crippen molar-refractivity contribution in [3.8, 4) is 28.2 Å². The molecule has 1 saturated carbocycles. The smallest absolute Gasteiger partial charge is 0.339 e. The maximum absolute atomic E-state index is 13.3. The molecule has 1 fully saturated rings. The maximum Gasteiger partial charge on any atom is 0.339 e. The highest BCUT2D eigenvalue weighted by Gasteiger charge is 2.38. The highest BCUT2D eigenvalue weighted by atomic mass is 16.5. The van der Waals surface area contributed by atoms with Crippen LogP contribution in [0.3, 0.4) is 0 Å². The molecule has 32 heavy (non-hydrogen) atoms. The number of allylic oxidation sites excluding steroid dienone is 1. The van der Waals surface area contributed by atoms with Crippen LogP contribution in [0.5, 0.6) is 5.75 Å². The summed E-state index contributed by atoms with van der Waals surface area (Å²) < 4.78 is 11.9. The number of hydrogen-bond donors (Lipinski definition) is 1. The van der Waals surface area contributed by atoms with Gasteiger partial charge < -0.3 is 14.3 Å². The second-order valence-electron chi connectivity index (χ2n) is 8.59. The zero-order valence-corrected chi connectivity index (χ0v) is 17.2. The number of ether oxygens (including phenoxy) is 1. The van der Waals surface area contributed by atoms with E-state index in [0.717, 1.165) is 23.8 Å². The number of hydrogen-bond acceptors (Lipinski definition) is 5. The molecule has 3 atom stereocenters. The molecule has 1 aliphatic heterocycles. The van der Waals surface area contributed by atoms with E-state index in [4.69, 9.17) is 9.15 Å². The predicted octanol–water partition coefficient (Wildman–Crippen LogP) is 5.39. The van der Waals surface area contributed by atoms with E-state index >= 15 is 0 Å². The zero-order chi connectivity index (χ0) is 21.8. The van der Waals surface area contributed by atoms with Crippen molar-refractivity contribution < 1.29 is 19.1 Å². The summed E-state index contributed by atoms with van der Waals surface area (Å²) in [4.78, 5) is 25.3. The molecule has 0 saturated heterocycles. The molecule has 2 aromatic rings. The molecule has 5 nitrogen and oxygen atoms in total. The van der Waals surface area contributed by atoms with Crippen molar-refractivity contribution in [1.82, 2.24) is 0 Å². The zero-order valence-electron chi connectivity index (χ0n) is 17.2. The summed E-state index contributed by atoms with van der Waals surface area (Å²) in [5.41, 5.74) is 2.90. The molecule has 6 rings (SSSR count). The monoisotopic (exact) mass is 424 g/mol. The Morgan fingerprint density at radius 1 is 0.969 bits per heavy atom. The van der Waals surface area contributed by atoms with Gasteiger partial charge in [-0.2, -0.15) is 0 Å². The van der Waals surface area contributed by atoms with Gasteiger partial charge in [-0.15, -0.1) is 0 Å². The molecule has 0 aromatic heterocycles. The molecule has 0 spiro atoms. The fraction of sp³-hybridized carbons (Fsp3) is 0.185. The number of esters is 1. The largest absolute Gasteiger partial charge is 0.508 e. The van der Waals surface area contributed by atoms with Crippen molar-refractivity contribution in [1.29, 1.82) is 0 Å². The molecule has 2 bridgehead atoms. The third kappa shape index (κ3) is 3.01. The van der Waals surface area contributed by atoms with Gasteiger partial charge in [-0.3, -0.25) is 4.79 Å². The SMILES string of the molecule is O=C(OC1CC2C=C[C@@H]1C2)c1ccccc1-c1c2ccc(=O)cc-2oc2cc(O)ccc12. The summed E-state index contributed by atoms with van der Waals surface area (Å²) in [7, 11) is 0. The van der Waals surface area contributed by atoms with Crippen molar-refractivity contribution in [2.45, 2.75) is 18.9 Å². The number of phenols is 1. The lowest BCUT2D eigenvalue weighted by molar-refractivity contribution is 0.0243. The molecule has 1 heterocycles. The second-order valence-corrected chi connectivity index (χ2v) is 8.59. The fourth-order valence-electron chi connectivity index (χ4n) is 5.10. The summed E-state index contributed by atoms with van der Waals surface area (Å²) in [6.45, 7) is 0. The van der Waals surface area contributed by atoms with E-state index in [9.17, 15) is 14.7 Å². The van der Waals surface area contributed by atoms with Crippen LogP contribution in [0.2, 0.25) is 0 Å². The van der Waals surface area contributed by atoms with Crippen molar-refractivity contribution >= 4 is 16.9 Å². The number of carbonyl (C=O) groups excluding carboxylic acids is 1. The van der Waals surface area contributed by atoms with E-state index in [1.807, 2.05) is 18.2 Å². The average molecular weight is 424 g/mol. The lowest BCUT2D eigenvalue weighted by Crippen LogP contribution is -2.22. The van der Waals surface area contributed by atoms with Crippen LogP contribution < -0.4 is 5.43 Å².